The molecular weight excluding hydrogens is 250 g/mol. The van der Waals surface area contributed by atoms with Crippen LogP contribution in [0.5, 0.6) is 0 Å². The molecule has 0 aromatic carbocycles. The molecule has 1 aliphatic carbocycles. The number of aryl methyl sites for hydroxylation is 2. The Hall–Kier alpha value is -1.32. The number of carbonyl (C=O) groups is 1. The van der Waals surface area contributed by atoms with Crippen LogP contribution in [0, 0.1) is 12.8 Å². The van der Waals surface area contributed by atoms with Crippen LogP contribution in [-0.4, -0.2) is 22.6 Å². The molecule has 1 saturated carbocycles. The van der Waals surface area contributed by atoms with Gasteiger partial charge in [-0.15, -0.1) is 0 Å². The second kappa shape index (κ2) is 8.08. The van der Waals surface area contributed by atoms with Crippen molar-refractivity contribution in [2.24, 2.45) is 5.92 Å². The highest BCUT2D eigenvalue weighted by molar-refractivity contribution is 5.78. The number of aromatic amines is 1. The first kappa shape index (κ1) is 15.1. The van der Waals surface area contributed by atoms with Gasteiger partial charge in [-0.2, -0.15) is 5.10 Å². The maximum absolute atomic E-state index is 12.2. The Morgan fingerprint density at radius 1 is 1.30 bits per heavy atom. The van der Waals surface area contributed by atoms with Crippen LogP contribution in [0.1, 0.15) is 62.6 Å². The van der Waals surface area contributed by atoms with Crippen molar-refractivity contribution < 1.29 is 4.79 Å². The Labute approximate surface area is 121 Å². The fraction of sp³-hybridized carbons (Fsp3) is 0.750. The first-order valence-electron chi connectivity index (χ1n) is 8.04. The summed E-state index contributed by atoms with van der Waals surface area (Å²) in [5.74, 6) is 0.529. The number of aromatic nitrogens is 2. The Morgan fingerprint density at radius 2 is 2.00 bits per heavy atom. The molecule has 0 unspecified atom stereocenters. The van der Waals surface area contributed by atoms with E-state index < -0.39 is 0 Å². The number of nitrogens with one attached hydrogen (secondary N) is 2. The molecule has 1 amide bonds. The minimum Gasteiger partial charge on any atom is -0.356 e. The minimum atomic E-state index is 0.256. The SMILES string of the molecule is Cc1[nH]ncc1CCCNC(=O)C1CCCCCCC1. The first-order valence-corrected chi connectivity index (χ1v) is 8.04. The second-order valence-electron chi connectivity index (χ2n) is 5.96. The summed E-state index contributed by atoms with van der Waals surface area (Å²) in [6, 6.07) is 0. The zero-order valence-electron chi connectivity index (χ0n) is 12.6. The van der Waals surface area contributed by atoms with Crippen molar-refractivity contribution in [1.82, 2.24) is 15.5 Å². The number of hydrogen-bond donors (Lipinski definition) is 2. The van der Waals surface area contributed by atoms with E-state index in [-0.39, 0.29) is 11.8 Å². The van der Waals surface area contributed by atoms with Crippen LogP contribution in [0.4, 0.5) is 0 Å². The van der Waals surface area contributed by atoms with Crippen LogP contribution in [0.25, 0.3) is 0 Å². The molecule has 1 fully saturated rings. The molecule has 0 spiro atoms. The Morgan fingerprint density at radius 3 is 2.65 bits per heavy atom. The Bertz CT molecular complexity index is 406. The van der Waals surface area contributed by atoms with Gasteiger partial charge in [0.2, 0.25) is 5.91 Å². The number of H-pyrrole nitrogens is 1. The monoisotopic (exact) mass is 277 g/mol. The molecule has 112 valence electrons. The average molecular weight is 277 g/mol. The summed E-state index contributed by atoms with van der Waals surface area (Å²) in [5.41, 5.74) is 2.39. The van der Waals surface area contributed by atoms with Gasteiger partial charge in [0.15, 0.2) is 0 Å². The van der Waals surface area contributed by atoms with E-state index in [1.807, 2.05) is 13.1 Å². The van der Waals surface area contributed by atoms with Gasteiger partial charge in [-0.25, -0.2) is 0 Å². The second-order valence-corrected chi connectivity index (χ2v) is 5.96. The van der Waals surface area contributed by atoms with Gasteiger partial charge in [0.25, 0.3) is 0 Å². The first-order chi connectivity index (χ1) is 9.77. The van der Waals surface area contributed by atoms with Crippen molar-refractivity contribution in [2.45, 2.75) is 64.7 Å². The number of amides is 1. The van der Waals surface area contributed by atoms with Gasteiger partial charge in [-0.1, -0.05) is 32.1 Å². The lowest BCUT2D eigenvalue weighted by Crippen LogP contribution is -2.32. The number of carbonyl (C=O) groups excluding carboxylic acids is 1. The van der Waals surface area contributed by atoms with Crippen molar-refractivity contribution in [1.29, 1.82) is 0 Å². The van der Waals surface area contributed by atoms with Crippen molar-refractivity contribution in [3.05, 3.63) is 17.5 Å². The third-order valence-corrected chi connectivity index (χ3v) is 4.33. The molecule has 1 heterocycles. The third-order valence-electron chi connectivity index (χ3n) is 4.33. The summed E-state index contributed by atoms with van der Waals surface area (Å²) in [6.45, 7) is 2.81. The van der Waals surface area contributed by atoms with Gasteiger partial charge >= 0.3 is 0 Å². The summed E-state index contributed by atoms with van der Waals surface area (Å²) >= 11 is 0. The molecule has 4 nitrogen and oxygen atoms in total. The highest BCUT2D eigenvalue weighted by atomic mass is 16.1. The molecule has 1 aliphatic rings. The van der Waals surface area contributed by atoms with Gasteiger partial charge in [0.1, 0.15) is 0 Å². The van der Waals surface area contributed by atoms with Gasteiger partial charge in [0.05, 0.1) is 6.20 Å². The quantitative estimate of drug-likeness (QED) is 0.812. The average Bonchev–Trinajstić information content (AvgIpc) is 2.80. The van der Waals surface area contributed by atoms with Crippen molar-refractivity contribution in [2.75, 3.05) is 6.54 Å². The van der Waals surface area contributed by atoms with Crippen LogP contribution < -0.4 is 5.32 Å². The molecule has 1 aromatic heterocycles. The Balaban J connectivity index is 1.65. The topological polar surface area (TPSA) is 57.8 Å². The summed E-state index contributed by atoms with van der Waals surface area (Å²) in [6.07, 6.45) is 12.4. The molecule has 0 radical (unpaired) electrons. The van der Waals surface area contributed by atoms with Crippen molar-refractivity contribution >= 4 is 5.91 Å². The van der Waals surface area contributed by atoms with Gasteiger partial charge < -0.3 is 5.32 Å². The predicted molar refractivity (Wildman–Crippen MR) is 80.5 cm³/mol. The van der Waals surface area contributed by atoms with Crippen LogP contribution in [0.3, 0.4) is 0 Å². The van der Waals surface area contributed by atoms with Crippen molar-refractivity contribution in [3.8, 4) is 0 Å². The zero-order valence-corrected chi connectivity index (χ0v) is 12.6. The van der Waals surface area contributed by atoms with E-state index in [9.17, 15) is 4.79 Å². The summed E-state index contributed by atoms with van der Waals surface area (Å²) in [7, 11) is 0. The van der Waals surface area contributed by atoms with Crippen molar-refractivity contribution in [3.63, 3.8) is 0 Å². The molecular formula is C16H27N3O. The van der Waals surface area contributed by atoms with E-state index in [4.69, 9.17) is 0 Å². The highest BCUT2D eigenvalue weighted by Gasteiger charge is 2.18. The van der Waals surface area contributed by atoms with Gasteiger partial charge in [-0.05, 0) is 38.2 Å². The predicted octanol–water partition coefficient (Wildman–Crippen LogP) is 3.13. The van der Waals surface area contributed by atoms with Gasteiger partial charge in [-0.3, -0.25) is 9.89 Å². The van der Waals surface area contributed by atoms with E-state index in [1.54, 1.807) is 0 Å². The Kier molecular flexibility index (Phi) is 6.09. The number of nitrogens with zero attached hydrogens (tertiary/aromatic N) is 1. The molecule has 20 heavy (non-hydrogen) atoms. The highest BCUT2D eigenvalue weighted by Crippen LogP contribution is 2.22. The molecule has 2 N–H and O–H groups in total. The molecule has 0 bridgehead atoms. The maximum atomic E-state index is 12.2. The molecule has 1 aromatic rings. The van der Waals surface area contributed by atoms with E-state index >= 15 is 0 Å². The third kappa shape index (κ3) is 4.66. The summed E-state index contributed by atoms with van der Waals surface area (Å²) in [4.78, 5) is 12.2. The molecule has 4 heteroatoms. The number of rotatable bonds is 5. The summed E-state index contributed by atoms with van der Waals surface area (Å²) in [5, 5.41) is 10.1. The zero-order chi connectivity index (χ0) is 14.2. The molecule has 0 aliphatic heterocycles. The van der Waals surface area contributed by atoms with E-state index in [0.29, 0.717) is 0 Å². The lowest BCUT2D eigenvalue weighted by Gasteiger charge is -2.19. The maximum Gasteiger partial charge on any atom is 0.223 e. The lowest BCUT2D eigenvalue weighted by atomic mass is 9.90. The van der Waals surface area contributed by atoms with Crippen LogP contribution in [0.2, 0.25) is 0 Å². The van der Waals surface area contributed by atoms with Crippen LogP contribution >= 0.6 is 0 Å². The van der Waals surface area contributed by atoms with E-state index in [0.717, 1.165) is 37.9 Å². The fourth-order valence-electron chi connectivity index (χ4n) is 2.98. The molecule has 0 atom stereocenters. The lowest BCUT2D eigenvalue weighted by molar-refractivity contribution is -0.125. The normalized spacial score (nSPS) is 17.4. The van der Waals surface area contributed by atoms with Crippen LogP contribution in [0.15, 0.2) is 6.20 Å². The fourth-order valence-corrected chi connectivity index (χ4v) is 2.98. The van der Waals surface area contributed by atoms with Crippen LogP contribution in [-0.2, 0) is 11.2 Å². The standard InChI is InChI=1S/C16H27N3O/c1-13-15(12-18-19-13)10-7-11-17-16(20)14-8-5-3-2-4-6-9-14/h12,14H,2-11H2,1H3,(H,17,20)(H,18,19). The molecule has 0 saturated heterocycles. The van der Waals surface area contributed by atoms with Gasteiger partial charge in [0, 0.05) is 18.2 Å². The van der Waals surface area contributed by atoms with E-state index in [1.165, 1.54) is 37.7 Å². The number of hydrogen-bond acceptors (Lipinski definition) is 2. The smallest absolute Gasteiger partial charge is 0.223 e. The minimum absolute atomic E-state index is 0.256. The van der Waals surface area contributed by atoms with E-state index in [2.05, 4.69) is 15.5 Å². The molecule has 2 rings (SSSR count). The summed E-state index contributed by atoms with van der Waals surface area (Å²) < 4.78 is 0. The largest absolute Gasteiger partial charge is 0.356 e.